The third-order valence-corrected chi connectivity index (χ3v) is 6.29. The van der Waals surface area contributed by atoms with Crippen LogP contribution in [0.25, 0.3) is 0 Å². The topological polar surface area (TPSA) is 60.8 Å². The minimum Gasteiger partial charge on any atom is -0.467 e. The highest BCUT2D eigenvalue weighted by atomic mass is 16.3. The molecule has 2 N–H and O–H groups in total. The van der Waals surface area contributed by atoms with Gasteiger partial charge in [0.25, 0.3) is 5.91 Å². The van der Waals surface area contributed by atoms with Crippen LogP contribution < -0.4 is 10.6 Å². The number of nitrogens with one attached hydrogen (secondary N) is 2. The first-order valence-electron chi connectivity index (χ1n) is 11.9. The highest BCUT2D eigenvalue weighted by molar-refractivity contribution is 5.94. The van der Waals surface area contributed by atoms with Gasteiger partial charge in [-0.2, -0.15) is 0 Å². The molecule has 0 spiro atoms. The number of furan rings is 1. The van der Waals surface area contributed by atoms with E-state index in [-0.39, 0.29) is 11.9 Å². The lowest BCUT2D eigenvalue weighted by atomic mass is 9.95. The largest absolute Gasteiger partial charge is 0.467 e. The molecule has 33 heavy (non-hydrogen) atoms. The average Bonchev–Trinajstić information content (AvgIpc) is 3.39. The van der Waals surface area contributed by atoms with E-state index in [2.05, 4.69) is 51.9 Å². The van der Waals surface area contributed by atoms with Gasteiger partial charge in [-0.25, -0.2) is 0 Å². The molecule has 1 aliphatic heterocycles. The van der Waals surface area contributed by atoms with Crippen molar-refractivity contribution in [3.8, 4) is 0 Å². The van der Waals surface area contributed by atoms with Crippen molar-refractivity contribution >= 4 is 11.6 Å². The zero-order chi connectivity index (χ0) is 23.0. The fraction of sp³-hybridized carbons (Fsp3) is 0.370. The molecule has 0 aliphatic carbocycles. The molecule has 4 rings (SSSR count). The third-order valence-electron chi connectivity index (χ3n) is 6.29. The first kappa shape index (κ1) is 23.1. The number of benzene rings is 2. The van der Waals surface area contributed by atoms with Crippen LogP contribution in [-0.2, 0) is 6.54 Å². The molecule has 0 bridgehead atoms. The van der Waals surface area contributed by atoms with E-state index < -0.39 is 0 Å². The molecule has 6 heteroatoms. The number of carbonyl (C=O) groups excluding carboxylic acids is 1. The summed E-state index contributed by atoms with van der Waals surface area (Å²) in [6.45, 7) is 10.0. The Kier molecular flexibility index (Phi) is 7.81. The molecular weight excluding hydrogens is 412 g/mol. The van der Waals surface area contributed by atoms with E-state index in [4.69, 9.17) is 4.42 Å². The molecule has 3 aromatic rings. The lowest BCUT2D eigenvalue weighted by molar-refractivity contribution is 0.0773. The number of amides is 1. The molecule has 0 saturated carbocycles. The molecule has 1 atom stereocenters. The smallest absolute Gasteiger partial charge is 0.253 e. The monoisotopic (exact) mass is 446 g/mol. The molecule has 1 unspecified atom stereocenters. The number of hydrogen-bond acceptors (Lipinski definition) is 5. The van der Waals surface area contributed by atoms with E-state index >= 15 is 0 Å². The summed E-state index contributed by atoms with van der Waals surface area (Å²) in [6, 6.07) is 20.8. The van der Waals surface area contributed by atoms with Gasteiger partial charge in [0.2, 0.25) is 0 Å². The van der Waals surface area contributed by atoms with Crippen molar-refractivity contribution < 1.29 is 9.21 Å². The zero-order valence-corrected chi connectivity index (χ0v) is 19.6. The first-order chi connectivity index (χ1) is 16.2. The summed E-state index contributed by atoms with van der Waals surface area (Å²) in [6.07, 6.45) is 1.70. The summed E-state index contributed by atoms with van der Waals surface area (Å²) in [4.78, 5) is 17.1. The van der Waals surface area contributed by atoms with Gasteiger partial charge in [-0.3, -0.25) is 9.69 Å². The maximum absolute atomic E-state index is 12.8. The summed E-state index contributed by atoms with van der Waals surface area (Å²) in [7, 11) is 0. The van der Waals surface area contributed by atoms with Crippen molar-refractivity contribution in [3.05, 3.63) is 89.4 Å². The standard InChI is InChI=1S/C27H34N4O2/c1-3-30(4-2)27(32)22-12-10-21(11-13-22)26(31-16-14-28-15-17-31)23-7-5-8-24(19-23)29-20-25-9-6-18-33-25/h5-13,18-19,26,28-29H,3-4,14-17,20H2,1-2H3. The van der Waals surface area contributed by atoms with Crippen LogP contribution in [0.2, 0.25) is 0 Å². The lowest BCUT2D eigenvalue weighted by Gasteiger charge is -2.36. The Morgan fingerprint density at radius 2 is 1.79 bits per heavy atom. The van der Waals surface area contributed by atoms with Gasteiger partial charge in [0, 0.05) is 50.5 Å². The van der Waals surface area contributed by atoms with Gasteiger partial charge in [0.05, 0.1) is 18.8 Å². The van der Waals surface area contributed by atoms with E-state index in [0.29, 0.717) is 6.54 Å². The maximum atomic E-state index is 12.8. The molecule has 174 valence electrons. The summed E-state index contributed by atoms with van der Waals surface area (Å²) >= 11 is 0. The number of hydrogen-bond donors (Lipinski definition) is 2. The molecule has 6 nitrogen and oxygen atoms in total. The molecular formula is C27H34N4O2. The predicted molar refractivity (Wildman–Crippen MR) is 132 cm³/mol. The molecule has 0 radical (unpaired) electrons. The van der Waals surface area contributed by atoms with Gasteiger partial charge in [0.15, 0.2) is 0 Å². The second-order valence-corrected chi connectivity index (χ2v) is 8.35. The average molecular weight is 447 g/mol. The van der Waals surface area contributed by atoms with Crippen LogP contribution >= 0.6 is 0 Å². The quantitative estimate of drug-likeness (QED) is 0.511. The maximum Gasteiger partial charge on any atom is 0.253 e. The summed E-state index contributed by atoms with van der Waals surface area (Å²) in [5.74, 6) is 1.00. The minimum atomic E-state index is 0.0920. The molecule has 1 aromatic heterocycles. The van der Waals surface area contributed by atoms with E-state index in [0.717, 1.165) is 56.3 Å². The highest BCUT2D eigenvalue weighted by Crippen LogP contribution is 2.31. The molecule has 1 aliphatic rings. The fourth-order valence-corrected chi connectivity index (χ4v) is 4.48. The van der Waals surface area contributed by atoms with Crippen LogP contribution in [0.4, 0.5) is 5.69 Å². The SMILES string of the molecule is CCN(CC)C(=O)c1ccc(C(c2cccc(NCc3ccco3)c2)N2CCNCC2)cc1. The summed E-state index contributed by atoms with van der Waals surface area (Å²) < 4.78 is 5.45. The van der Waals surface area contributed by atoms with Gasteiger partial charge in [-0.15, -0.1) is 0 Å². The summed E-state index contributed by atoms with van der Waals surface area (Å²) in [5.41, 5.74) is 4.26. The fourth-order valence-electron chi connectivity index (χ4n) is 4.48. The van der Waals surface area contributed by atoms with Crippen molar-refractivity contribution in [2.24, 2.45) is 0 Å². The number of anilines is 1. The molecule has 2 aromatic carbocycles. The Hall–Kier alpha value is -3.09. The Morgan fingerprint density at radius 1 is 1.03 bits per heavy atom. The molecule has 1 saturated heterocycles. The molecule has 1 amide bonds. The van der Waals surface area contributed by atoms with Crippen LogP contribution in [0.1, 0.15) is 47.1 Å². The first-order valence-corrected chi connectivity index (χ1v) is 11.9. The second kappa shape index (κ2) is 11.2. The number of piperazine rings is 1. The number of rotatable bonds is 9. The van der Waals surface area contributed by atoms with Gasteiger partial charge >= 0.3 is 0 Å². The van der Waals surface area contributed by atoms with E-state index in [9.17, 15) is 4.79 Å². The van der Waals surface area contributed by atoms with Crippen LogP contribution in [0.15, 0.2) is 71.3 Å². The van der Waals surface area contributed by atoms with E-state index in [1.165, 1.54) is 11.1 Å². The van der Waals surface area contributed by atoms with Gasteiger partial charge < -0.3 is 20.0 Å². The van der Waals surface area contributed by atoms with Gasteiger partial charge in [0.1, 0.15) is 5.76 Å². The third kappa shape index (κ3) is 5.64. The summed E-state index contributed by atoms with van der Waals surface area (Å²) in [5, 5.41) is 6.93. The highest BCUT2D eigenvalue weighted by Gasteiger charge is 2.24. The molecule has 2 heterocycles. The van der Waals surface area contributed by atoms with Gasteiger partial charge in [-0.1, -0.05) is 24.3 Å². The zero-order valence-electron chi connectivity index (χ0n) is 19.6. The van der Waals surface area contributed by atoms with Gasteiger partial charge in [-0.05, 0) is 61.4 Å². The van der Waals surface area contributed by atoms with Crippen molar-refractivity contribution in [2.45, 2.75) is 26.4 Å². The Bertz CT molecular complexity index is 1010. The van der Waals surface area contributed by atoms with Crippen LogP contribution in [-0.4, -0.2) is 55.0 Å². The van der Waals surface area contributed by atoms with Crippen molar-refractivity contribution in [3.63, 3.8) is 0 Å². The van der Waals surface area contributed by atoms with E-state index in [1.807, 2.05) is 43.0 Å². The number of carbonyl (C=O) groups is 1. The van der Waals surface area contributed by atoms with Crippen LogP contribution in [0.5, 0.6) is 0 Å². The molecule has 1 fully saturated rings. The Balaban J connectivity index is 1.59. The lowest BCUT2D eigenvalue weighted by Crippen LogP contribution is -2.45. The predicted octanol–water partition coefficient (Wildman–Crippen LogP) is 4.37. The van der Waals surface area contributed by atoms with Crippen molar-refractivity contribution in [1.29, 1.82) is 0 Å². The van der Waals surface area contributed by atoms with Crippen molar-refractivity contribution in [2.75, 3.05) is 44.6 Å². The van der Waals surface area contributed by atoms with Crippen LogP contribution in [0.3, 0.4) is 0 Å². The number of nitrogens with zero attached hydrogens (tertiary/aromatic N) is 2. The second-order valence-electron chi connectivity index (χ2n) is 8.35. The Labute approximate surface area is 196 Å². The van der Waals surface area contributed by atoms with Crippen LogP contribution in [0, 0.1) is 0 Å². The van der Waals surface area contributed by atoms with E-state index in [1.54, 1.807) is 6.26 Å². The minimum absolute atomic E-state index is 0.0920. The van der Waals surface area contributed by atoms with Crippen molar-refractivity contribution in [1.82, 2.24) is 15.1 Å². The normalized spacial score (nSPS) is 15.2. The Morgan fingerprint density at radius 3 is 2.45 bits per heavy atom.